The number of aliphatic hydroxyl groups is 1. The first-order valence-corrected chi connectivity index (χ1v) is 11.7. The van der Waals surface area contributed by atoms with Crippen molar-refractivity contribution in [2.24, 2.45) is 28.6 Å². The zero-order valence-corrected chi connectivity index (χ0v) is 19.4. The number of rotatable bonds is 4. The van der Waals surface area contributed by atoms with E-state index in [4.69, 9.17) is 4.74 Å². The molecule has 0 aromatic carbocycles. The van der Waals surface area contributed by atoms with Crippen LogP contribution in [0, 0.1) is 28.6 Å². The van der Waals surface area contributed by atoms with Crippen LogP contribution in [0.5, 0.6) is 0 Å². The summed E-state index contributed by atoms with van der Waals surface area (Å²) in [5.74, 6) is -5.24. The van der Waals surface area contributed by atoms with Gasteiger partial charge in [0.05, 0.1) is 6.10 Å². The molecule has 2 unspecified atom stereocenters. The molecule has 0 saturated heterocycles. The fraction of sp³-hybridized carbons (Fsp3) is 0.720. The van der Waals surface area contributed by atoms with E-state index in [1.807, 2.05) is 0 Å². The van der Waals surface area contributed by atoms with Crippen molar-refractivity contribution < 1.29 is 37.4 Å². The van der Waals surface area contributed by atoms with E-state index in [1.165, 1.54) is 13.0 Å². The summed E-state index contributed by atoms with van der Waals surface area (Å²) >= 11 is 0. The maximum atomic E-state index is 17.2. The minimum absolute atomic E-state index is 0.0157. The highest BCUT2D eigenvalue weighted by Gasteiger charge is 2.77. The number of aliphatic hydroxyl groups excluding tert-OH is 1. The number of alkyl halides is 2. The van der Waals surface area contributed by atoms with Crippen molar-refractivity contribution >= 4 is 17.5 Å². The fourth-order valence-electron chi connectivity index (χ4n) is 7.83. The van der Waals surface area contributed by atoms with Crippen LogP contribution >= 0.6 is 0 Å². The number of carbonyl (C=O) groups is 3. The summed E-state index contributed by atoms with van der Waals surface area (Å²) in [4.78, 5) is 37.3. The molecule has 0 bridgehead atoms. The molecule has 0 heterocycles. The topological polar surface area (TPSA) is 80.7 Å². The lowest BCUT2D eigenvalue weighted by Gasteiger charge is -2.62. The lowest BCUT2D eigenvalue weighted by Crippen LogP contribution is -2.70. The van der Waals surface area contributed by atoms with Crippen molar-refractivity contribution in [1.82, 2.24) is 0 Å². The number of hydrogen-bond donors (Lipinski definition) is 1. The molecule has 0 radical (unpaired) electrons. The van der Waals surface area contributed by atoms with Gasteiger partial charge in [0, 0.05) is 29.1 Å². The average molecular weight is 469 g/mol. The summed E-state index contributed by atoms with van der Waals surface area (Å²) in [5.41, 5.74) is -6.81. The van der Waals surface area contributed by atoms with Gasteiger partial charge >= 0.3 is 5.97 Å². The van der Waals surface area contributed by atoms with Gasteiger partial charge in [-0.25, -0.2) is 13.2 Å². The standard InChI is InChI=1S/C25H31F3O5/c1-5-20(32)33-25(19(31)12-26)13(2)10-16-14-6-7-15-21(27)17(29)8-9-22(15,3)24(14,28)18(30)11-23(16,25)4/h8-9,13-14,16,18,30H,5-7,10-12H2,1-4H3/t13?,14-,16-,18?,22-,23-,24-,25-/m0/s1. The first kappa shape index (κ1) is 24.2. The van der Waals surface area contributed by atoms with Gasteiger partial charge in [-0.15, -0.1) is 0 Å². The molecular weight excluding hydrogens is 437 g/mol. The van der Waals surface area contributed by atoms with Crippen LogP contribution in [0.4, 0.5) is 13.2 Å². The van der Waals surface area contributed by atoms with Crippen molar-refractivity contribution in [1.29, 1.82) is 0 Å². The molecule has 33 heavy (non-hydrogen) atoms. The SMILES string of the molecule is CCC(=O)O[C@]1(C(=O)CF)C(C)C[C@H]2[C@@H]3CCC4=C(F)C(=O)C=C[C@]4(C)[C@@]3(F)C(O)C[C@@]21C. The van der Waals surface area contributed by atoms with Gasteiger partial charge in [-0.3, -0.25) is 14.4 Å². The third-order valence-corrected chi connectivity index (χ3v) is 9.37. The monoisotopic (exact) mass is 468 g/mol. The Balaban J connectivity index is 1.87. The number of halogens is 3. The van der Waals surface area contributed by atoms with E-state index in [0.717, 1.165) is 6.08 Å². The zero-order chi connectivity index (χ0) is 24.6. The normalized spacial score (nSPS) is 46.5. The van der Waals surface area contributed by atoms with Gasteiger partial charge in [-0.1, -0.05) is 26.8 Å². The maximum absolute atomic E-state index is 17.2. The summed E-state index contributed by atoms with van der Waals surface area (Å²) < 4.78 is 51.5. The molecule has 0 aromatic rings. The van der Waals surface area contributed by atoms with E-state index >= 15 is 4.39 Å². The second kappa shape index (κ2) is 7.52. The lowest BCUT2D eigenvalue weighted by atomic mass is 9.44. The number of ketones is 2. The molecular formula is C25H31F3O5. The molecule has 8 atom stereocenters. The van der Waals surface area contributed by atoms with Gasteiger partial charge in [-0.2, -0.15) is 0 Å². The molecule has 3 saturated carbocycles. The van der Waals surface area contributed by atoms with Crippen LogP contribution in [-0.2, 0) is 19.1 Å². The van der Waals surface area contributed by atoms with E-state index in [1.54, 1.807) is 20.8 Å². The van der Waals surface area contributed by atoms with Crippen molar-refractivity contribution in [2.75, 3.05) is 6.67 Å². The minimum Gasteiger partial charge on any atom is -0.450 e. The Morgan fingerprint density at radius 3 is 2.55 bits per heavy atom. The molecule has 0 spiro atoms. The summed E-state index contributed by atoms with van der Waals surface area (Å²) in [6.07, 6.45) is 1.02. The molecule has 182 valence electrons. The number of esters is 1. The quantitative estimate of drug-likeness (QED) is 0.628. The summed E-state index contributed by atoms with van der Waals surface area (Å²) in [5, 5.41) is 11.3. The van der Waals surface area contributed by atoms with E-state index in [0.29, 0.717) is 6.42 Å². The van der Waals surface area contributed by atoms with E-state index in [2.05, 4.69) is 0 Å². The molecule has 0 amide bonds. The second-order valence-corrected chi connectivity index (χ2v) is 10.6. The highest BCUT2D eigenvalue weighted by atomic mass is 19.1. The average Bonchev–Trinajstić information content (AvgIpc) is 2.99. The Kier molecular flexibility index (Phi) is 5.51. The van der Waals surface area contributed by atoms with Gasteiger partial charge in [-0.05, 0) is 50.2 Å². The third-order valence-electron chi connectivity index (χ3n) is 9.37. The van der Waals surface area contributed by atoms with Gasteiger partial charge in [0.25, 0.3) is 0 Å². The molecule has 4 rings (SSSR count). The molecule has 0 aromatic heterocycles. The molecule has 8 heteroatoms. The highest BCUT2D eigenvalue weighted by molar-refractivity contribution is 6.04. The number of carbonyl (C=O) groups excluding carboxylic acids is 3. The molecule has 3 fully saturated rings. The number of allylic oxidation sites excluding steroid dienone is 4. The van der Waals surface area contributed by atoms with Crippen LogP contribution in [0.3, 0.4) is 0 Å². The Labute approximate surface area is 191 Å². The smallest absolute Gasteiger partial charge is 0.306 e. The second-order valence-electron chi connectivity index (χ2n) is 10.6. The Hall–Kier alpha value is -1.96. The van der Waals surface area contributed by atoms with Crippen LogP contribution in [0.15, 0.2) is 23.6 Å². The Morgan fingerprint density at radius 2 is 1.94 bits per heavy atom. The van der Waals surface area contributed by atoms with Crippen molar-refractivity contribution in [3.05, 3.63) is 23.6 Å². The summed E-state index contributed by atoms with van der Waals surface area (Å²) in [6.45, 7) is 5.10. The van der Waals surface area contributed by atoms with Gasteiger partial charge in [0.2, 0.25) is 11.6 Å². The van der Waals surface area contributed by atoms with E-state index in [9.17, 15) is 28.3 Å². The Bertz CT molecular complexity index is 975. The minimum atomic E-state index is -2.30. The van der Waals surface area contributed by atoms with Crippen molar-refractivity contribution in [3.63, 3.8) is 0 Å². The largest absolute Gasteiger partial charge is 0.450 e. The van der Waals surface area contributed by atoms with Crippen LogP contribution in [0.2, 0.25) is 0 Å². The number of Topliss-reactive ketones (excluding diaryl/α,β-unsaturated/α-hetero) is 1. The van der Waals surface area contributed by atoms with Gasteiger partial charge < -0.3 is 9.84 Å². The summed E-state index contributed by atoms with van der Waals surface area (Å²) in [7, 11) is 0. The zero-order valence-electron chi connectivity index (χ0n) is 19.4. The third kappa shape index (κ3) is 2.73. The molecule has 4 aliphatic rings. The number of ether oxygens (including phenoxy) is 1. The fourth-order valence-corrected chi connectivity index (χ4v) is 7.83. The highest BCUT2D eigenvalue weighted by Crippen LogP contribution is 2.71. The van der Waals surface area contributed by atoms with Crippen LogP contribution in [0.1, 0.15) is 59.8 Å². The predicted octanol–water partition coefficient (Wildman–Crippen LogP) is 4.13. The van der Waals surface area contributed by atoms with Crippen LogP contribution in [0.25, 0.3) is 0 Å². The molecule has 1 N–H and O–H groups in total. The summed E-state index contributed by atoms with van der Waals surface area (Å²) in [6, 6.07) is 0. The van der Waals surface area contributed by atoms with Crippen molar-refractivity contribution in [3.8, 4) is 0 Å². The first-order chi connectivity index (χ1) is 15.3. The Morgan fingerprint density at radius 1 is 1.27 bits per heavy atom. The maximum Gasteiger partial charge on any atom is 0.306 e. The number of fused-ring (bicyclic) bond motifs is 5. The van der Waals surface area contributed by atoms with E-state index < -0.39 is 76.0 Å². The van der Waals surface area contributed by atoms with E-state index in [-0.39, 0.29) is 31.3 Å². The van der Waals surface area contributed by atoms with Gasteiger partial charge in [0.15, 0.2) is 23.8 Å². The molecule has 4 aliphatic carbocycles. The van der Waals surface area contributed by atoms with Crippen LogP contribution in [-0.4, -0.2) is 46.7 Å². The van der Waals surface area contributed by atoms with Gasteiger partial charge in [0.1, 0.15) is 0 Å². The number of hydrogen-bond acceptors (Lipinski definition) is 5. The lowest BCUT2D eigenvalue weighted by molar-refractivity contribution is -0.228. The molecule has 5 nitrogen and oxygen atoms in total. The first-order valence-electron chi connectivity index (χ1n) is 11.7. The molecule has 0 aliphatic heterocycles. The van der Waals surface area contributed by atoms with Crippen molar-refractivity contribution in [2.45, 2.75) is 77.2 Å². The van der Waals surface area contributed by atoms with Crippen LogP contribution < -0.4 is 0 Å². The predicted molar refractivity (Wildman–Crippen MR) is 113 cm³/mol.